The molecule has 1 atom stereocenters. The summed E-state index contributed by atoms with van der Waals surface area (Å²) in [6.07, 6.45) is 27.1. The Morgan fingerprint density at radius 1 is 0.610 bits per heavy atom. The highest BCUT2D eigenvalue weighted by Crippen LogP contribution is 2.34. The molecule has 1 saturated heterocycles. The predicted molar refractivity (Wildman–Crippen MR) is 178 cm³/mol. The van der Waals surface area contributed by atoms with Crippen LogP contribution in [-0.4, -0.2) is 50.3 Å². The Morgan fingerprint density at radius 3 is 1.63 bits per heavy atom. The van der Waals surface area contributed by atoms with Crippen molar-refractivity contribution in [3.63, 3.8) is 0 Å². The third kappa shape index (κ3) is 19.0. The lowest BCUT2D eigenvalue weighted by molar-refractivity contribution is -0.403. The molecule has 4 heteroatoms. The van der Waals surface area contributed by atoms with Crippen LogP contribution >= 0.6 is 0 Å². The molecular formula is C37H75NO3. The van der Waals surface area contributed by atoms with Crippen molar-refractivity contribution >= 4 is 0 Å². The van der Waals surface area contributed by atoms with Crippen LogP contribution < -0.4 is 0 Å². The van der Waals surface area contributed by atoms with E-state index >= 15 is 0 Å². The molecule has 0 bridgehead atoms. The lowest BCUT2D eigenvalue weighted by atomic mass is 9.89. The first-order valence-corrected chi connectivity index (χ1v) is 18.4. The first kappa shape index (κ1) is 38.9. The summed E-state index contributed by atoms with van der Waals surface area (Å²) in [6.45, 7) is 21.2. The molecule has 0 aromatic rings. The monoisotopic (exact) mass is 582 g/mol. The Kier molecular flexibility index (Phi) is 22.9. The molecule has 246 valence electrons. The van der Waals surface area contributed by atoms with Crippen LogP contribution in [0, 0.1) is 17.3 Å². The molecule has 4 nitrogen and oxygen atoms in total. The highest BCUT2D eigenvalue weighted by Gasteiger charge is 2.41. The van der Waals surface area contributed by atoms with Gasteiger partial charge in [-0.1, -0.05) is 118 Å². The Morgan fingerprint density at radius 2 is 1.10 bits per heavy atom. The number of likely N-dealkylation sites (tertiary alicyclic amines) is 1. The van der Waals surface area contributed by atoms with Crippen molar-refractivity contribution in [3.05, 3.63) is 0 Å². The zero-order chi connectivity index (χ0) is 30.2. The lowest BCUT2D eigenvalue weighted by Gasteiger charge is -2.39. The molecule has 0 spiro atoms. The van der Waals surface area contributed by atoms with Crippen molar-refractivity contribution in [2.75, 3.05) is 39.5 Å². The SMILES string of the molecule is CCCCCCCCC(CCCN1CCC(CCCCCCCCCC(C)(C)C)CC1)C(OCC)(OCC)OCC. The lowest BCUT2D eigenvalue weighted by Crippen LogP contribution is -2.47. The van der Waals surface area contributed by atoms with Gasteiger partial charge < -0.3 is 19.1 Å². The van der Waals surface area contributed by atoms with Crippen LogP contribution in [0.4, 0.5) is 0 Å². The average Bonchev–Trinajstić information content (AvgIpc) is 2.93. The topological polar surface area (TPSA) is 30.9 Å². The molecular weight excluding hydrogens is 506 g/mol. The van der Waals surface area contributed by atoms with Gasteiger partial charge in [0.2, 0.25) is 0 Å². The van der Waals surface area contributed by atoms with Crippen LogP contribution in [0.15, 0.2) is 0 Å². The smallest absolute Gasteiger partial charge is 0.285 e. The van der Waals surface area contributed by atoms with Gasteiger partial charge in [-0.3, -0.25) is 0 Å². The quantitative estimate of drug-likeness (QED) is 0.0713. The van der Waals surface area contributed by atoms with Gasteiger partial charge in [-0.25, -0.2) is 0 Å². The second-order valence-corrected chi connectivity index (χ2v) is 14.2. The fourth-order valence-electron chi connectivity index (χ4n) is 6.78. The van der Waals surface area contributed by atoms with Gasteiger partial charge in [-0.05, 0) is 90.3 Å². The Labute approximate surface area is 258 Å². The summed E-state index contributed by atoms with van der Waals surface area (Å²) in [5.41, 5.74) is 0.508. The highest BCUT2D eigenvalue weighted by molar-refractivity contribution is 4.76. The minimum atomic E-state index is -0.874. The Balaban J connectivity index is 2.35. The molecule has 1 unspecified atom stereocenters. The zero-order valence-electron chi connectivity index (χ0n) is 29.2. The summed E-state index contributed by atoms with van der Waals surface area (Å²) in [4.78, 5) is 2.72. The summed E-state index contributed by atoms with van der Waals surface area (Å²) in [6, 6.07) is 0. The Bertz CT molecular complexity index is 550. The fraction of sp³-hybridized carbons (Fsp3) is 1.00. The maximum atomic E-state index is 6.26. The third-order valence-corrected chi connectivity index (χ3v) is 9.22. The van der Waals surface area contributed by atoms with Crippen molar-refractivity contribution in [1.82, 2.24) is 4.90 Å². The number of hydrogen-bond acceptors (Lipinski definition) is 4. The van der Waals surface area contributed by atoms with E-state index in [2.05, 4.69) is 53.4 Å². The van der Waals surface area contributed by atoms with Crippen molar-refractivity contribution in [3.8, 4) is 0 Å². The van der Waals surface area contributed by atoms with Gasteiger partial charge in [0.15, 0.2) is 0 Å². The van der Waals surface area contributed by atoms with Gasteiger partial charge in [0.25, 0.3) is 5.97 Å². The van der Waals surface area contributed by atoms with Gasteiger partial charge >= 0.3 is 0 Å². The maximum Gasteiger partial charge on any atom is 0.285 e. The number of unbranched alkanes of at least 4 members (excludes halogenated alkanes) is 11. The van der Waals surface area contributed by atoms with Gasteiger partial charge in [0.1, 0.15) is 0 Å². The van der Waals surface area contributed by atoms with Gasteiger partial charge in [0.05, 0.1) is 0 Å². The summed E-state index contributed by atoms with van der Waals surface area (Å²) in [7, 11) is 0. The summed E-state index contributed by atoms with van der Waals surface area (Å²) >= 11 is 0. The van der Waals surface area contributed by atoms with E-state index in [0.29, 0.717) is 31.2 Å². The zero-order valence-corrected chi connectivity index (χ0v) is 29.2. The molecule has 1 heterocycles. The number of hydrogen-bond donors (Lipinski definition) is 0. The van der Waals surface area contributed by atoms with E-state index in [-0.39, 0.29) is 0 Å². The van der Waals surface area contributed by atoms with E-state index in [1.807, 2.05) is 0 Å². The molecule has 0 N–H and O–H groups in total. The van der Waals surface area contributed by atoms with Crippen molar-refractivity contribution < 1.29 is 14.2 Å². The van der Waals surface area contributed by atoms with E-state index in [9.17, 15) is 0 Å². The van der Waals surface area contributed by atoms with E-state index in [4.69, 9.17) is 14.2 Å². The maximum absolute atomic E-state index is 6.26. The molecule has 1 aliphatic heterocycles. The Hall–Kier alpha value is -0.160. The number of rotatable bonds is 27. The number of piperidine rings is 1. The molecule has 1 rings (SSSR count). The molecule has 0 saturated carbocycles. The molecule has 41 heavy (non-hydrogen) atoms. The first-order valence-electron chi connectivity index (χ1n) is 18.4. The largest absolute Gasteiger partial charge is 0.328 e. The second-order valence-electron chi connectivity index (χ2n) is 14.2. The normalized spacial score (nSPS) is 16.5. The van der Waals surface area contributed by atoms with E-state index in [1.165, 1.54) is 135 Å². The number of nitrogens with zero attached hydrogens (tertiary/aromatic N) is 1. The fourth-order valence-corrected chi connectivity index (χ4v) is 6.78. The summed E-state index contributed by atoms with van der Waals surface area (Å²) in [5, 5.41) is 0. The summed E-state index contributed by atoms with van der Waals surface area (Å²) < 4.78 is 18.8. The molecule has 1 aliphatic rings. The molecule has 0 aliphatic carbocycles. The molecule has 0 radical (unpaired) electrons. The minimum absolute atomic E-state index is 0.296. The van der Waals surface area contributed by atoms with Crippen LogP contribution in [0.25, 0.3) is 0 Å². The minimum Gasteiger partial charge on any atom is -0.328 e. The highest BCUT2D eigenvalue weighted by atomic mass is 16.9. The second kappa shape index (κ2) is 24.2. The van der Waals surface area contributed by atoms with Crippen LogP contribution in [0.3, 0.4) is 0 Å². The van der Waals surface area contributed by atoms with Gasteiger partial charge in [-0.2, -0.15) is 0 Å². The van der Waals surface area contributed by atoms with E-state index in [0.717, 1.165) is 18.8 Å². The molecule has 0 aromatic carbocycles. The molecule has 0 aromatic heterocycles. The molecule has 1 fully saturated rings. The van der Waals surface area contributed by atoms with Crippen LogP contribution in [0.5, 0.6) is 0 Å². The van der Waals surface area contributed by atoms with Gasteiger partial charge in [-0.15, -0.1) is 0 Å². The average molecular weight is 582 g/mol. The van der Waals surface area contributed by atoms with Gasteiger partial charge in [0, 0.05) is 25.7 Å². The van der Waals surface area contributed by atoms with Crippen molar-refractivity contribution in [2.24, 2.45) is 17.3 Å². The van der Waals surface area contributed by atoms with E-state index in [1.54, 1.807) is 0 Å². The van der Waals surface area contributed by atoms with Crippen molar-refractivity contribution in [1.29, 1.82) is 0 Å². The first-order chi connectivity index (χ1) is 19.8. The third-order valence-electron chi connectivity index (χ3n) is 9.22. The van der Waals surface area contributed by atoms with Crippen LogP contribution in [0.1, 0.15) is 177 Å². The number of ether oxygens (including phenoxy) is 3. The predicted octanol–water partition coefficient (Wildman–Crippen LogP) is 11.2. The summed E-state index contributed by atoms with van der Waals surface area (Å²) in [5.74, 6) is 0.380. The van der Waals surface area contributed by atoms with E-state index < -0.39 is 5.97 Å². The van der Waals surface area contributed by atoms with Crippen molar-refractivity contribution in [2.45, 2.75) is 183 Å². The van der Waals surface area contributed by atoms with Crippen LogP contribution in [0.2, 0.25) is 0 Å². The standard InChI is InChI=1S/C37H75NO3/c1-8-12-13-14-19-22-26-35(37(39-9-2,40-10-3)41-11-4)27-24-31-38-32-28-34(29-33-38)25-21-18-16-15-17-20-23-30-36(5,6)7/h34-35H,8-33H2,1-7H3. The van der Waals surface area contributed by atoms with Crippen LogP contribution in [-0.2, 0) is 14.2 Å². The molecule has 0 amide bonds.